The molecule has 182 valence electrons. The van der Waals surface area contributed by atoms with Crippen LogP contribution in [0.2, 0.25) is 0 Å². The summed E-state index contributed by atoms with van der Waals surface area (Å²) in [7, 11) is 0. The molecule has 0 fully saturated rings. The van der Waals surface area contributed by atoms with Gasteiger partial charge in [0.2, 0.25) is 12.1 Å². The van der Waals surface area contributed by atoms with E-state index in [1.54, 1.807) is 6.19 Å². The average molecular weight is 489 g/mol. The Morgan fingerprint density at radius 3 is 2.27 bits per heavy atom. The lowest BCUT2D eigenvalue weighted by Crippen LogP contribution is -2.48. The topological polar surface area (TPSA) is 104 Å². The molecule has 0 N–H and O–H groups in total. The van der Waals surface area contributed by atoms with Gasteiger partial charge in [-0.25, -0.2) is 4.98 Å². The number of aryl methyl sites for hydroxylation is 1. The highest BCUT2D eigenvalue weighted by Gasteiger charge is 2.42. The smallest absolute Gasteiger partial charge is 0.274 e. The van der Waals surface area contributed by atoms with E-state index >= 15 is 0 Å². The number of benzene rings is 3. The summed E-state index contributed by atoms with van der Waals surface area (Å²) in [4.78, 5) is 37.2. The first-order chi connectivity index (χ1) is 18.1. The molecule has 3 aromatic carbocycles. The number of rotatable bonds is 6. The van der Waals surface area contributed by atoms with E-state index in [1.165, 1.54) is 9.58 Å². The van der Waals surface area contributed by atoms with Gasteiger partial charge in [0, 0.05) is 0 Å². The molecule has 4 aromatic rings. The zero-order chi connectivity index (χ0) is 25.8. The van der Waals surface area contributed by atoms with Gasteiger partial charge in [0.05, 0.1) is 23.8 Å². The molecule has 1 atom stereocenters. The molecule has 1 unspecified atom stereocenters. The second kappa shape index (κ2) is 10.4. The summed E-state index contributed by atoms with van der Waals surface area (Å²) < 4.78 is 1.40. The van der Waals surface area contributed by atoms with Crippen molar-refractivity contribution in [2.75, 3.05) is 0 Å². The van der Waals surface area contributed by atoms with Crippen LogP contribution in [-0.4, -0.2) is 31.5 Å². The Morgan fingerprint density at radius 1 is 0.919 bits per heavy atom. The average Bonchev–Trinajstić information content (AvgIpc) is 2.94. The van der Waals surface area contributed by atoms with Gasteiger partial charge in [-0.1, -0.05) is 79.7 Å². The quantitative estimate of drug-likeness (QED) is 0.304. The van der Waals surface area contributed by atoms with Crippen LogP contribution in [0, 0.1) is 11.5 Å². The van der Waals surface area contributed by atoms with Crippen molar-refractivity contribution >= 4 is 11.8 Å². The summed E-state index contributed by atoms with van der Waals surface area (Å²) in [6.45, 7) is 2.16. The van der Waals surface area contributed by atoms with E-state index < -0.39 is 11.8 Å². The van der Waals surface area contributed by atoms with Crippen molar-refractivity contribution in [2.45, 2.75) is 32.2 Å². The van der Waals surface area contributed by atoms with Gasteiger partial charge in [0.1, 0.15) is 0 Å². The first-order valence-electron chi connectivity index (χ1n) is 12.1. The Hall–Kier alpha value is -4.90. The van der Waals surface area contributed by atoms with Crippen LogP contribution in [0.15, 0.2) is 89.9 Å². The van der Waals surface area contributed by atoms with E-state index in [9.17, 15) is 14.9 Å². The highest BCUT2D eigenvalue weighted by molar-refractivity contribution is 6.10. The minimum absolute atomic E-state index is 0.0182. The number of hydrogen-bond donors (Lipinski definition) is 0. The zero-order valence-electron chi connectivity index (χ0n) is 20.3. The van der Waals surface area contributed by atoms with Gasteiger partial charge in [0.25, 0.3) is 11.5 Å². The van der Waals surface area contributed by atoms with Gasteiger partial charge in [0.15, 0.2) is 5.69 Å². The molecule has 2 heterocycles. The van der Waals surface area contributed by atoms with Crippen LogP contribution in [0.1, 0.15) is 45.7 Å². The molecule has 5 rings (SSSR count). The number of nitrogens with zero attached hydrogens (tertiary/aromatic N) is 6. The van der Waals surface area contributed by atoms with Crippen molar-refractivity contribution in [2.24, 2.45) is 4.99 Å². The summed E-state index contributed by atoms with van der Waals surface area (Å²) in [6.07, 6.45) is 2.91. The summed E-state index contributed by atoms with van der Waals surface area (Å²) >= 11 is 0. The van der Waals surface area contributed by atoms with Gasteiger partial charge < -0.3 is 0 Å². The van der Waals surface area contributed by atoms with Crippen LogP contribution >= 0.6 is 0 Å². The lowest BCUT2D eigenvalue weighted by Gasteiger charge is -2.31. The van der Waals surface area contributed by atoms with E-state index in [0.29, 0.717) is 12.1 Å². The van der Waals surface area contributed by atoms with Gasteiger partial charge >= 0.3 is 0 Å². The fourth-order valence-corrected chi connectivity index (χ4v) is 4.48. The Morgan fingerprint density at radius 2 is 1.59 bits per heavy atom. The highest BCUT2D eigenvalue weighted by atomic mass is 16.2. The van der Waals surface area contributed by atoms with E-state index in [2.05, 4.69) is 15.1 Å². The van der Waals surface area contributed by atoms with Crippen LogP contribution in [0.25, 0.3) is 5.69 Å². The molecule has 0 aliphatic carbocycles. The number of imide groups is 1. The molecular weight excluding hydrogens is 464 g/mol. The molecule has 0 radical (unpaired) electrons. The van der Waals surface area contributed by atoms with Crippen molar-refractivity contribution in [3.05, 3.63) is 119 Å². The van der Waals surface area contributed by atoms with Crippen LogP contribution in [0.5, 0.6) is 0 Å². The highest BCUT2D eigenvalue weighted by Crippen LogP contribution is 2.30. The molecule has 1 aliphatic rings. The van der Waals surface area contributed by atoms with Crippen molar-refractivity contribution in [3.8, 4) is 11.9 Å². The molecule has 0 bridgehead atoms. The van der Waals surface area contributed by atoms with Crippen LogP contribution in [-0.2, 0) is 24.2 Å². The number of amides is 2. The van der Waals surface area contributed by atoms with Crippen LogP contribution < -0.4 is 5.62 Å². The first kappa shape index (κ1) is 23.8. The molecule has 2 amide bonds. The number of fused-ring (bicyclic) bond motifs is 1. The lowest BCUT2D eigenvalue weighted by atomic mass is 9.90. The third kappa shape index (κ3) is 4.80. The van der Waals surface area contributed by atoms with Gasteiger partial charge in [-0.3, -0.25) is 14.5 Å². The number of carbonyl (C=O) groups excluding carboxylic acids is 2. The van der Waals surface area contributed by atoms with Gasteiger partial charge in [-0.05, 0) is 41.7 Å². The Bertz CT molecular complexity index is 1570. The predicted molar refractivity (Wildman–Crippen MR) is 136 cm³/mol. The fourth-order valence-electron chi connectivity index (χ4n) is 4.48. The van der Waals surface area contributed by atoms with Crippen LogP contribution in [0.3, 0.4) is 0 Å². The monoisotopic (exact) mass is 488 g/mol. The third-order valence-corrected chi connectivity index (χ3v) is 6.37. The molecule has 0 saturated heterocycles. The van der Waals surface area contributed by atoms with E-state index in [0.717, 1.165) is 23.1 Å². The second-order valence-corrected chi connectivity index (χ2v) is 8.75. The SMILES string of the molecule is CCc1cccc(-n2nc3c(nc2=NC#N)C(Cc2ccccc2)C(=O)N(Cc2ccccc2)C3=O)c1. The molecule has 8 nitrogen and oxygen atoms in total. The number of carbonyl (C=O) groups is 2. The number of aromatic nitrogens is 3. The molecule has 0 saturated carbocycles. The minimum Gasteiger partial charge on any atom is -0.274 e. The predicted octanol–water partition coefficient (Wildman–Crippen LogP) is 3.72. The standard InChI is InChI=1S/C29H24N6O2/c1-2-20-14-9-15-23(16-20)35-29(31-19-30)32-25-24(17-21-10-5-3-6-11-21)27(36)34(28(37)26(25)33-35)18-22-12-7-4-8-13-22/h3-16,24H,2,17-18H2,1H3. The fraction of sp³-hybridized carbons (Fsp3) is 0.172. The lowest BCUT2D eigenvalue weighted by molar-refractivity contribution is -0.131. The third-order valence-electron chi connectivity index (χ3n) is 6.37. The molecular formula is C29H24N6O2. The van der Waals surface area contributed by atoms with Gasteiger partial charge in [-0.2, -0.15) is 15.0 Å². The number of nitriles is 1. The number of hydrogen-bond acceptors (Lipinski definition) is 6. The second-order valence-electron chi connectivity index (χ2n) is 8.75. The summed E-state index contributed by atoms with van der Waals surface area (Å²) in [5.41, 5.74) is 3.77. The van der Waals surface area contributed by atoms with Crippen molar-refractivity contribution in [3.63, 3.8) is 0 Å². The van der Waals surface area contributed by atoms with E-state index in [4.69, 9.17) is 0 Å². The minimum atomic E-state index is -0.754. The summed E-state index contributed by atoms with van der Waals surface area (Å²) in [5.74, 6) is -1.63. The largest absolute Gasteiger partial charge is 0.283 e. The van der Waals surface area contributed by atoms with Gasteiger partial charge in [-0.15, -0.1) is 4.99 Å². The molecule has 37 heavy (non-hydrogen) atoms. The molecule has 0 spiro atoms. The normalized spacial score (nSPS) is 15.4. The maximum Gasteiger partial charge on any atom is 0.283 e. The Balaban J connectivity index is 1.69. The molecule has 1 aliphatic heterocycles. The Kier molecular flexibility index (Phi) is 6.68. The van der Waals surface area contributed by atoms with Crippen molar-refractivity contribution in [1.29, 1.82) is 5.26 Å². The summed E-state index contributed by atoms with van der Waals surface area (Å²) in [5, 5.41) is 14.0. The molecule has 8 heteroatoms. The van der Waals surface area contributed by atoms with Crippen molar-refractivity contribution in [1.82, 2.24) is 19.7 Å². The van der Waals surface area contributed by atoms with E-state index in [1.807, 2.05) is 91.9 Å². The van der Waals surface area contributed by atoms with Crippen molar-refractivity contribution < 1.29 is 9.59 Å². The maximum atomic E-state index is 13.7. The van der Waals surface area contributed by atoms with Crippen LogP contribution in [0.4, 0.5) is 0 Å². The van der Waals surface area contributed by atoms with E-state index in [-0.39, 0.29) is 29.5 Å². The first-order valence-corrected chi connectivity index (χ1v) is 12.1. The zero-order valence-corrected chi connectivity index (χ0v) is 20.3. The Labute approximate surface area is 214 Å². The maximum absolute atomic E-state index is 13.7. The molecule has 1 aromatic heterocycles. The summed E-state index contributed by atoms with van der Waals surface area (Å²) in [6, 6.07) is 26.5.